The SMILES string of the molecule is CC/C=C\C/C=C\C/C=C\C/C=C\C/C=C\C/C=C\C/C=C\CCCCCCCCCCCCCCCCCCCCCC(=O)OC(COC(=O)CCCCCCCCCCCCC/C=C\C/C=C\CCCCCCC)COP(=O)([O-])OCC[N+](C)(C)C. The zero-order valence-electron chi connectivity index (χ0n) is 57.9. The van der Waals surface area contributed by atoms with E-state index in [1.54, 1.807) is 0 Å². The van der Waals surface area contributed by atoms with Crippen LogP contribution >= 0.6 is 7.82 Å². The lowest BCUT2D eigenvalue weighted by molar-refractivity contribution is -0.870. The number of carbonyl (C=O) groups is 2. The summed E-state index contributed by atoms with van der Waals surface area (Å²) in [4.78, 5) is 38.1. The Morgan fingerprint density at radius 3 is 0.966 bits per heavy atom. The quantitative estimate of drug-likeness (QED) is 0.0195. The zero-order valence-corrected chi connectivity index (χ0v) is 58.8. The number of ether oxygens (including phenoxy) is 2. The lowest BCUT2D eigenvalue weighted by atomic mass is 10.0. The van der Waals surface area contributed by atoms with E-state index in [9.17, 15) is 19.0 Å². The average molecular weight is 1250 g/mol. The molecule has 0 aromatic heterocycles. The number of quaternary nitrogens is 1. The number of esters is 2. The van der Waals surface area contributed by atoms with Gasteiger partial charge in [0.15, 0.2) is 6.10 Å². The van der Waals surface area contributed by atoms with Crippen molar-refractivity contribution in [2.75, 3.05) is 47.5 Å². The highest BCUT2D eigenvalue weighted by Crippen LogP contribution is 2.38. The first kappa shape index (κ1) is 84.7. The van der Waals surface area contributed by atoms with E-state index in [0.29, 0.717) is 17.4 Å². The third-order valence-corrected chi connectivity index (χ3v) is 16.7. The molecular formula is C78H138NO8P. The minimum absolute atomic E-state index is 0.0328. The molecule has 0 saturated carbocycles. The predicted molar refractivity (Wildman–Crippen MR) is 378 cm³/mol. The monoisotopic (exact) mass is 1250 g/mol. The molecular weight excluding hydrogens is 1110 g/mol. The molecule has 0 N–H and O–H groups in total. The topological polar surface area (TPSA) is 111 Å². The van der Waals surface area contributed by atoms with E-state index in [-0.39, 0.29) is 32.0 Å². The van der Waals surface area contributed by atoms with Gasteiger partial charge in [-0.2, -0.15) is 0 Å². The molecule has 0 bridgehead atoms. The number of likely N-dealkylation sites (N-methyl/N-ethyl adjacent to an activating group) is 1. The molecule has 0 fully saturated rings. The first-order valence-electron chi connectivity index (χ1n) is 36.6. The third kappa shape index (κ3) is 71.7. The van der Waals surface area contributed by atoms with E-state index in [4.69, 9.17) is 18.5 Å². The summed E-state index contributed by atoms with van der Waals surface area (Å²) in [6.45, 7) is 4.15. The van der Waals surface area contributed by atoms with Gasteiger partial charge in [-0.3, -0.25) is 14.2 Å². The average Bonchev–Trinajstić information content (AvgIpc) is 3.58. The van der Waals surface area contributed by atoms with Gasteiger partial charge in [-0.25, -0.2) is 0 Å². The molecule has 0 radical (unpaired) electrons. The van der Waals surface area contributed by atoms with Crippen LogP contribution in [0.1, 0.15) is 322 Å². The first-order valence-corrected chi connectivity index (χ1v) is 38.1. The fraction of sp³-hybridized carbons (Fsp3) is 0.744. The number of carbonyl (C=O) groups excluding carboxylic acids is 2. The van der Waals surface area contributed by atoms with E-state index < -0.39 is 26.5 Å². The molecule has 0 aromatic carbocycles. The smallest absolute Gasteiger partial charge is 0.306 e. The van der Waals surface area contributed by atoms with Crippen LogP contribution in [0.15, 0.2) is 109 Å². The van der Waals surface area contributed by atoms with Gasteiger partial charge in [0.25, 0.3) is 7.82 Å². The van der Waals surface area contributed by atoms with Crippen molar-refractivity contribution in [3.8, 4) is 0 Å². The van der Waals surface area contributed by atoms with E-state index in [0.717, 1.165) is 89.9 Å². The van der Waals surface area contributed by atoms with Crippen LogP contribution in [0.25, 0.3) is 0 Å². The Morgan fingerprint density at radius 1 is 0.364 bits per heavy atom. The van der Waals surface area contributed by atoms with Crippen molar-refractivity contribution in [1.29, 1.82) is 0 Å². The number of hydrogen-bond donors (Lipinski definition) is 0. The molecule has 0 aromatic rings. The predicted octanol–water partition coefficient (Wildman–Crippen LogP) is 23.4. The molecule has 0 amide bonds. The highest BCUT2D eigenvalue weighted by Gasteiger charge is 2.22. The first-order chi connectivity index (χ1) is 43.0. The summed E-state index contributed by atoms with van der Waals surface area (Å²) in [6, 6.07) is 0. The molecule has 0 aliphatic heterocycles. The third-order valence-electron chi connectivity index (χ3n) is 15.8. The number of nitrogens with zero attached hydrogens (tertiary/aromatic N) is 1. The van der Waals surface area contributed by atoms with Crippen molar-refractivity contribution < 1.29 is 42.1 Å². The lowest BCUT2D eigenvalue weighted by Crippen LogP contribution is -2.37. The number of phosphoric acid groups is 1. The van der Waals surface area contributed by atoms with Gasteiger partial charge >= 0.3 is 11.9 Å². The van der Waals surface area contributed by atoms with Crippen LogP contribution in [-0.4, -0.2) is 70.0 Å². The molecule has 0 aliphatic rings. The normalized spacial score (nSPS) is 13.8. The van der Waals surface area contributed by atoms with Gasteiger partial charge in [0, 0.05) is 12.8 Å². The second kappa shape index (κ2) is 68.0. The summed E-state index contributed by atoms with van der Waals surface area (Å²) in [5.74, 6) is -0.826. The van der Waals surface area contributed by atoms with Gasteiger partial charge in [0.05, 0.1) is 27.7 Å². The summed E-state index contributed by atoms with van der Waals surface area (Å²) in [7, 11) is 1.17. The van der Waals surface area contributed by atoms with Crippen molar-refractivity contribution in [1.82, 2.24) is 0 Å². The summed E-state index contributed by atoms with van der Waals surface area (Å²) >= 11 is 0. The Bertz CT molecular complexity index is 1850. The Balaban J connectivity index is 3.98. The maximum Gasteiger partial charge on any atom is 0.306 e. The molecule has 88 heavy (non-hydrogen) atoms. The Labute approximate surface area is 544 Å². The van der Waals surface area contributed by atoms with E-state index in [2.05, 4.69) is 123 Å². The van der Waals surface area contributed by atoms with Crippen molar-refractivity contribution in [2.45, 2.75) is 328 Å². The van der Waals surface area contributed by atoms with Crippen LogP contribution < -0.4 is 4.89 Å². The number of allylic oxidation sites excluding steroid dienone is 18. The minimum Gasteiger partial charge on any atom is -0.756 e. The largest absolute Gasteiger partial charge is 0.756 e. The maximum absolute atomic E-state index is 12.9. The maximum atomic E-state index is 12.9. The van der Waals surface area contributed by atoms with Crippen molar-refractivity contribution >= 4 is 19.8 Å². The van der Waals surface area contributed by atoms with Crippen molar-refractivity contribution in [3.63, 3.8) is 0 Å². The van der Waals surface area contributed by atoms with Gasteiger partial charge in [-0.05, 0) is 103 Å². The molecule has 0 saturated heterocycles. The number of unbranched alkanes of at least 4 members (excludes halogenated alkanes) is 35. The fourth-order valence-electron chi connectivity index (χ4n) is 10.2. The molecule has 9 nitrogen and oxygen atoms in total. The summed E-state index contributed by atoms with van der Waals surface area (Å²) < 4.78 is 34.3. The van der Waals surface area contributed by atoms with Crippen molar-refractivity contribution in [2.24, 2.45) is 0 Å². The van der Waals surface area contributed by atoms with E-state index in [1.807, 2.05) is 21.1 Å². The standard InChI is InChI=1S/C78H138NO8P/c1-6-8-10-12-14-16-18-20-22-24-26-28-30-31-32-33-34-35-36-37-38-39-40-41-42-43-44-45-46-47-49-51-53-55-57-59-61-63-65-67-69-71-78(81)87-76(75-86-88(82,83)85-73-72-79(3,4)5)74-84-77(80)70-68-66-64-62-60-58-56-54-52-50-48-29-27-25-23-21-19-17-15-13-11-9-7-2/h8,10,14,16,19-22,25-28,31-32,34-35,37-38,76H,6-7,9,11-13,15,17-18,23-24,29-30,33,36,39-75H2,1-5H3/b10-8-,16-14-,21-19-,22-20-,27-25-,28-26-,32-31-,35-34-,38-37-. The fourth-order valence-corrected chi connectivity index (χ4v) is 10.9. The molecule has 0 heterocycles. The summed E-state index contributed by atoms with van der Waals surface area (Å²) in [6.07, 6.45) is 96.1. The molecule has 2 unspecified atom stereocenters. The van der Waals surface area contributed by atoms with Gasteiger partial charge in [0.2, 0.25) is 0 Å². The molecule has 0 spiro atoms. The van der Waals surface area contributed by atoms with Crippen LogP contribution in [-0.2, 0) is 32.7 Å². The van der Waals surface area contributed by atoms with Crippen molar-refractivity contribution in [3.05, 3.63) is 109 Å². The summed E-state index contributed by atoms with van der Waals surface area (Å²) in [5, 5.41) is 0. The molecule has 508 valence electrons. The van der Waals surface area contributed by atoms with Gasteiger partial charge in [-0.1, -0.05) is 316 Å². The molecule has 10 heteroatoms. The Kier molecular flexibility index (Phi) is 65.5. The number of phosphoric ester groups is 1. The zero-order chi connectivity index (χ0) is 64.1. The number of hydrogen-bond acceptors (Lipinski definition) is 8. The lowest BCUT2D eigenvalue weighted by Gasteiger charge is -2.28. The summed E-state index contributed by atoms with van der Waals surface area (Å²) in [5.41, 5.74) is 0. The van der Waals surface area contributed by atoms with Crippen LogP contribution in [0.5, 0.6) is 0 Å². The Hall–Kier alpha value is -3.33. The van der Waals surface area contributed by atoms with Gasteiger partial charge in [-0.15, -0.1) is 0 Å². The molecule has 0 rings (SSSR count). The Morgan fingerprint density at radius 2 is 0.648 bits per heavy atom. The van der Waals surface area contributed by atoms with Crippen LogP contribution in [0.2, 0.25) is 0 Å². The van der Waals surface area contributed by atoms with Gasteiger partial charge in [0.1, 0.15) is 19.8 Å². The van der Waals surface area contributed by atoms with Crippen LogP contribution in [0.3, 0.4) is 0 Å². The van der Waals surface area contributed by atoms with Crippen LogP contribution in [0.4, 0.5) is 0 Å². The minimum atomic E-state index is -4.65. The number of rotatable bonds is 67. The highest BCUT2D eigenvalue weighted by molar-refractivity contribution is 7.45. The van der Waals surface area contributed by atoms with E-state index in [1.165, 1.54) is 199 Å². The highest BCUT2D eigenvalue weighted by atomic mass is 31.2. The molecule has 0 aliphatic carbocycles. The van der Waals surface area contributed by atoms with Gasteiger partial charge < -0.3 is 27.9 Å². The van der Waals surface area contributed by atoms with Crippen LogP contribution in [0, 0.1) is 0 Å². The molecule has 2 atom stereocenters. The van der Waals surface area contributed by atoms with E-state index >= 15 is 0 Å². The second-order valence-electron chi connectivity index (χ2n) is 25.6. The second-order valence-corrected chi connectivity index (χ2v) is 27.0.